The van der Waals surface area contributed by atoms with Crippen molar-refractivity contribution in [1.29, 1.82) is 0 Å². The van der Waals surface area contributed by atoms with Crippen LogP contribution in [0.5, 0.6) is 0 Å². The maximum absolute atomic E-state index is 5.91. The summed E-state index contributed by atoms with van der Waals surface area (Å²) in [6, 6.07) is 5.97. The standard InChI is InChI=1S/C8H11ClNP/c1-10(2)6-3-4-8(11)7(9)5-6/h3-5H,11H2,1-2H3. The molecule has 0 fully saturated rings. The second kappa shape index (κ2) is 3.42. The lowest BCUT2D eigenvalue weighted by atomic mass is 10.3. The highest BCUT2D eigenvalue weighted by Gasteiger charge is 1.98. The van der Waals surface area contributed by atoms with Crippen molar-refractivity contribution < 1.29 is 0 Å². The average Bonchev–Trinajstić information content (AvgIpc) is 1.94. The largest absolute Gasteiger partial charge is 0.378 e. The number of rotatable bonds is 1. The molecule has 0 saturated carbocycles. The van der Waals surface area contributed by atoms with E-state index in [-0.39, 0.29) is 0 Å². The number of anilines is 1. The maximum atomic E-state index is 5.91. The molecule has 0 aliphatic heterocycles. The first kappa shape index (κ1) is 8.83. The SMILES string of the molecule is CN(C)c1ccc(P)c(Cl)c1. The Morgan fingerprint density at radius 1 is 1.36 bits per heavy atom. The zero-order chi connectivity index (χ0) is 8.43. The van der Waals surface area contributed by atoms with Crippen molar-refractivity contribution in [2.45, 2.75) is 0 Å². The van der Waals surface area contributed by atoms with Crippen LogP contribution in [-0.4, -0.2) is 14.1 Å². The first-order chi connectivity index (χ1) is 5.11. The lowest BCUT2D eigenvalue weighted by Gasteiger charge is -2.12. The van der Waals surface area contributed by atoms with Crippen LogP contribution in [0.4, 0.5) is 5.69 Å². The fraction of sp³-hybridized carbons (Fsp3) is 0.250. The van der Waals surface area contributed by atoms with Gasteiger partial charge in [-0.15, -0.1) is 9.24 Å². The minimum Gasteiger partial charge on any atom is -0.378 e. The van der Waals surface area contributed by atoms with Crippen molar-refractivity contribution in [3.05, 3.63) is 23.2 Å². The van der Waals surface area contributed by atoms with Gasteiger partial charge in [0.25, 0.3) is 0 Å². The molecule has 1 aromatic rings. The van der Waals surface area contributed by atoms with Gasteiger partial charge in [0, 0.05) is 24.8 Å². The van der Waals surface area contributed by atoms with Gasteiger partial charge in [-0.05, 0) is 17.4 Å². The predicted molar refractivity (Wildman–Crippen MR) is 55.1 cm³/mol. The Morgan fingerprint density at radius 2 is 2.00 bits per heavy atom. The van der Waals surface area contributed by atoms with Gasteiger partial charge >= 0.3 is 0 Å². The van der Waals surface area contributed by atoms with Crippen LogP contribution >= 0.6 is 20.8 Å². The van der Waals surface area contributed by atoms with E-state index in [0.29, 0.717) is 0 Å². The molecule has 0 bridgehead atoms. The average molecular weight is 188 g/mol. The molecule has 1 atom stereocenters. The first-order valence-corrected chi connectivity index (χ1v) is 4.29. The number of hydrogen-bond acceptors (Lipinski definition) is 1. The molecule has 1 nitrogen and oxygen atoms in total. The molecule has 0 heterocycles. The van der Waals surface area contributed by atoms with E-state index >= 15 is 0 Å². The molecule has 60 valence electrons. The fourth-order valence-corrected chi connectivity index (χ4v) is 1.15. The summed E-state index contributed by atoms with van der Waals surface area (Å²) in [5.41, 5.74) is 1.13. The highest BCUT2D eigenvalue weighted by atomic mass is 35.5. The zero-order valence-corrected chi connectivity index (χ0v) is 8.55. The van der Waals surface area contributed by atoms with Crippen LogP contribution in [0.15, 0.2) is 18.2 Å². The minimum atomic E-state index is 0.793. The number of benzene rings is 1. The van der Waals surface area contributed by atoms with E-state index in [1.165, 1.54) is 0 Å². The van der Waals surface area contributed by atoms with Gasteiger partial charge in [0.05, 0.1) is 0 Å². The molecule has 0 N–H and O–H groups in total. The van der Waals surface area contributed by atoms with Crippen molar-refractivity contribution >= 4 is 31.8 Å². The highest BCUT2D eigenvalue weighted by Crippen LogP contribution is 2.17. The van der Waals surface area contributed by atoms with Crippen molar-refractivity contribution in [3.63, 3.8) is 0 Å². The van der Waals surface area contributed by atoms with Crippen molar-refractivity contribution in [2.24, 2.45) is 0 Å². The van der Waals surface area contributed by atoms with E-state index in [2.05, 4.69) is 9.24 Å². The quantitative estimate of drug-likeness (QED) is 0.607. The molecule has 0 spiro atoms. The Kier molecular flexibility index (Phi) is 2.75. The molecule has 0 amide bonds. The van der Waals surface area contributed by atoms with E-state index in [1.807, 2.05) is 37.2 Å². The molecule has 11 heavy (non-hydrogen) atoms. The van der Waals surface area contributed by atoms with E-state index in [4.69, 9.17) is 11.6 Å². The zero-order valence-electron chi connectivity index (χ0n) is 6.63. The van der Waals surface area contributed by atoms with Gasteiger partial charge in [-0.1, -0.05) is 17.7 Å². The van der Waals surface area contributed by atoms with Crippen LogP contribution in [0.3, 0.4) is 0 Å². The number of hydrogen-bond donors (Lipinski definition) is 0. The highest BCUT2D eigenvalue weighted by molar-refractivity contribution is 7.28. The molecule has 0 saturated heterocycles. The van der Waals surface area contributed by atoms with Gasteiger partial charge in [0.1, 0.15) is 0 Å². The molecule has 3 heteroatoms. The molecule has 0 aliphatic rings. The predicted octanol–water partition coefficient (Wildman–Crippen LogP) is 1.91. The van der Waals surface area contributed by atoms with Crippen LogP contribution in [0.1, 0.15) is 0 Å². The smallest absolute Gasteiger partial charge is 0.0498 e. The van der Waals surface area contributed by atoms with E-state index in [0.717, 1.165) is 16.0 Å². The van der Waals surface area contributed by atoms with E-state index in [1.54, 1.807) is 0 Å². The summed E-state index contributed by atoms with van der Waals surface area (Å²) < 4.78 is 0. The fourth-order valence-electron chi connectivity index (χ4n) is 0.794. The maximum Gasteiger partial charge on any atom is 0.0498 e. The summed E-state index contributed by atoms with van der Waals surface area (Å²) in [6.45, 7) is 0. The summed E-state index contributed by atoms with van der Waals surface area (Å²) in [5, 5.41) is 1.83. The summed E-state index contributed by atoms with van der Waals surface area (Å²) >= 11 is 5.91. The van der Waals surface area contributed by atoms with Gasteiger partial charge in [-0.3, -0.25) is 0 Å². The van der Waals surface area contributed by atoms with Gasteiger partial charge in [0.2, 0.25) is 0 Å². The summed E-state index contributed by atoms with van der Waals surface area (Å²) in [5.74, 6) is 0. The van der Waals surface area contributed by atoms with Crippen molar-refractivity contribution in [2.75, 3.05) is 19.0 Å². The topological polar surface area (TPSA) is 3.24 Å². The van der Waals surface area contributed by atoms with E-state index in [9.17, 15) is 0 Å². The number of halogens is 1. The normalized spacial score (nSPS) is 9.82. The molecule has 0 radical (unpaired) electrons. The summed E-state index contributed by atoms with van der Waals surface area (Å²) in [6.07, 6.45) is 0. The second-order valence-electron chi connectivity index (χ2n) is 2.60. The van der Waals surface area contributed by atoms with Crippen LogP contribution in [0.2, 0.25) is 5.02 Å². The van der Waals surface area contributed by atoms with Gasteiger partial charge < -0.3 is 4.90 Å². The Bertz CT molecular complexity index is 260. The molecule has 1 unspecified atom stereocenters. The van der Waals surface area contributed by atoms with Crippen LogP contribution in [0.25, 0.3) is 0 Å². The Labute approximate surface area is 74.6 Å². The van der Waals surface area contributed by atoms with Crippen LogP contribution in [0, 0.1) is 0 Å². The number of nitrogens with zero attached hydrogens (tertiary/aromatic N) is 1. The van der Waals surface area contributed by atoms with Gasteiger partial charge in [-0.25, -0.2) is 0 Å². The Balaban J connectivity index is 3.05. The second-order valence-corrected chi connectivity index (χ2v) is 3.63. The first-order valence-electron chi connectivity index (χ1n) is 3.33. The van der Waals surface area contributed by atoms with Gasteiger partial charge in [-0.2, -0.15) is 0 Å². The monoisotopic (exact) mass is 187 g/mol. The third-order valence-corrected chi connectivity index (χ3v) is 2.51. The molecular formula is C8H11ClNP. The van der Waals surface area contributed by atoms with Gasteiger partial charge in [0.15, 0.2) is 0 Å². The Hall–Kier alpha value is -0.260. The lowest BCUT2D eigenvalue weighted by Crippen LogP contribution is -2.09. The third kappa shape index (κ3) is 2.08. The lowest BCUT2D eigenvalue weighted by molar-refractivity contribution is 1.13. The minimum absolute atomic E-state index is 0.793. The summed E-state index contributed by atoms with van der Waals surface area (Å²) in [4.78, 5) is 2.02. The van der Waals surface area contributed by atoms with Crippen LogP contribution in [-0.2, 0) is 0 Å². The molecular weight excluding hydrogens is 177 g/mol. The molecule has 1 aromatic carbocycles. The molecule has 0 aliphatic carbocycles. The molecule has 0 aromatic heterocycles. The Morgan fingerprint density at radius 3 is 2.45 bits per heavy atom. The third-order valence-electron chi connectivity index (χ3n) is 1.50. The summed E-state index contributed by atoms with van der Waals surface area (Å²) in [7, 11) is 6.58. The van der Waals surface area contributed by atoms with Crippen molar-refractivity contribution in [1.82, 2.24) is 0 Å². The van der Waals surface area contributed by atoms with Crippen molar-refractivity contribution in [3.8, 4) is 0 Å². The van der Waals surface area contributed by atoms with Crippen LogP contribution < -0.4 is 10.2 Å². The van der Waals surface area contributed by atoms with E-state index < -0.39 is 0 Å². The molecule has 1 rings (SSSR count).